The molecule has 1 aliphatic heterocycles. The van der Waals surface area contributed by atoms with Crippen LogP contribution in [0.25, 0.3) is 0 Å². The number of amides is 1. The van der Waals surface area contributed by atoms with Gasteiger partial charge < -0.3 is 5.32 Å². The van der Waals surface area contributed by atoms with Gasteiger partial charge in [0.15, 0.2) is 0 Å². The number of nitrogens with zero attached hydrogens (tertiary/aromatic N) is 1. The molecule has 2 rings (SSSR count). The van der Waals surface area contributed by atoms with Gasteiger partial charge in [-0.1, -0.05) is 33.1 Å². The maximum Gasteiger partial charge on any atom is 0.237 e. The summed E-state index contributed by atoms with van der Waals surface area (Å²) in [6.45, 7) is 11.3. The smallest absolute Gasteiger partial charge is 0.237 e. The Labute approximate surface area is 141 Å². The molecule has 1 saturated carbocycles. The Morgan fingerprint density at radius 2 is 1.74 bits per heavy atom. The molecule has 0 unspecified atom stereocenters. The molecule has 1 saturated heterocycles. The van der Waals surface area contributed by atoms with E-state index >= 15 is 0 Å². The van der Waals surface area contributed by atoms with Crippen molar-refractivity contribution in [3.63, 3.8) is 0 Å². The van der Waals surface area contributed by atoms with Crippen LogP contribution >= 0.6 is 0 Å². The molecule has 0 aromatic carbocycles. The fourth-order valence-electron chi connectivity index (χ4n) is 3.98. The van der Waals surface area contributed by atoms with Crippen molar-refractivity contribution in [3.8, 4) is 0 Å². The van der Waals surface area contributed by atoms with Gasteiger partial charge in [-0.3, -0.25) is 14.5 Å². The van der Waals surface area contributed by atoms with Gasteiger partial charge in [0.05, 0.1) is 12.6 Å². The molecule has 0 aromatic heterocycles. The lowest BCUT2D eigenvalue weighted by Gasteiger charge is -2.46. The summed E-state index contributed by atoms with van der Waals surface area (Å²) in [4.78, 5) is 27.2. The summed E-state index contributed by atoms with van der Waals surface area (Å²) in [5, 5.41) is 3.12. The quantitative estimate of drug-likeness (QED) is 0.865. The molecular formula is C19H34N2O2. The third kappa shape index (κ3) is 5.03. The predicted octanol–water partition coefficient (Wildman–Crippen LogP) is 3.01. The third-order valence-electron chi connectivity index (χ3n) is 5.31. The van der Waals surface area contributed by atoms with Gasteiger partial charge in [-0.25, -0.2) is 0 Å². The number of hydrogen-bond acceptors (Lipinski definition) is 3. The van der Waals surface area contributed by atoms with Crippen LogP contribution in [0.5, 0.6) is 0 Å². The molecule has 1 N–H and O–H groups in total. The minimum absolute atomic E-state index is 0.0328. The molecule has 1 aliphatic carbocycles. The van der Waals surface area contributed by atoms with Gasteiger partial charge in [0.25, 0.3) is 0 Å². The van der Waals surface area contributed by atoms with Crippen molar-refractivity contribution in [1.82, 2.24) is 10.2 Å². The van der Waals surface area contributed by atoms with Crippen LogP contribution in [0, 0.1) is 17.8 Å². The lowest BCUT2D eigenvalue weighted by Crippen LogP contribution is -2.58. The minimum atomic E-state index is -0.228. The second kappa shape index (κ2) is 7.33. The lowest BCUT2D eigenvalue weighted by atomic mass is 9.72. The molecule has 132 valence electrons. The molecule has 2 fully saturated rings. The number of nitrogens with one attached hydrogen (secondary N) is 1. The number of carbonyl (C=O) groups is 2. The predicted molar refractivity (Wildman–Crippen MR) is 93.2 cm³/mol. The number of likely N-dealkylation sites (tertiary alicyclic amines) is 1. The van der Waals surface area contributed by atoms with Crippen LogP contribution in [-0.4, -0.2) is 41.3 Å². The SMILES string of the molecule is CC(C)C(=O)CN1C[C@H]2CCCC[C@H]2C[C@H]1C(=O)NC(C)(C)C. The van der Waals surface area contributed by atoms with E-state index in [1.165, 1.54) is 25.7 Å². The Morgan fingerprint density at radius 1 is 1.13 bits per heavy atom. The van der Waals surface area contributed by atoms with Crippen molar-refractivity contribution in [2.75, 3.05) is 13.1 Å². The van der Waals surface area contributed by atoms with Gasteiger partial charge in [0, 0.05) is 18.0 Å². The number of Topliss-reactive ketones (excluding diaryl/α,β-unsaturated/α-hetero) is 1. The van der Waals surface area contributed by atoms with Crippen LogP contribution in [0.2, 0.25) is 0 Å². The molecule has 0 aromatic rings. The third-order valence-corrected chi connectivity index (χ3v) is 5.31. The Morgan fingerprint density at radius 3 is 2.30 bits per heavy atom. The lowest BCUT2D eigenvalue weighted by molar-refractivity contribution is -0.134. The maximum atomic E-state index is 12.8. The Balaban J connectivity index is 2.12. The number of rotatable bonds is 4. The van der Waals surface area contributed by atoms with Gasteiger partial charge in [-0.2, -0.15) is 0 Å². The zero-order valence-corrected chi connectivity index (χ0v) is 15.5. The molecule has 3 atom stereocenters. The maximum absolute atomic E-state index is 12.8. The number of piperidine rings is 1. The average Bonchev–Trinajstić information content (AvgIpc) is 2.44. The second-order valence-electron chi connectivity index (χ2n) is 8.85. The minimum Gasteiger partial charge on any atom is -0.350 e. The topological polar surface area (TPSA) is 49.4 Å². The Hall–Kier alpha value is -0.900. The van der Waals surface area contributed by atoms with Gasteiger partial charge in [-0.05, 0) is 45.4 Å². The molecule has 1 amide bonds. The highest BCUT2D eigenvalue weighted by Crippen LogP contribution is 2.38. The number of fused-ring (bicyclic) bond motifs is 1. The fourth-order valence-corrected chi connectivity index (χ4v) is 3.98. The van der Waals surface area contributed by atoms with Crippen LogP contribution in [0.3, 0.4) is 0 Å². The summed E-state index contributed by atoms with van der Waals surface area (Å²) in [5.74, 6) is 1.70. The summed E-state index contributed by atoms with van der Waals surface area (Å²) in [6, 6.07) is -0.142. The summed E-state index contributed by atoms with van der Waals surface area (Å²) in [5.41, 5.74) is -0.228. The zero-order chi connectivity index (χ0) is 17.2. The number of carbonyl (C=O) groups excluding carboxylic acids is 2. The molecule has 0 radical (unpaired) electrons. The summed E-state index contributed by atoms with van der Waals surface area (Å²) in [7, 11) is 0. The first-order chi connectivity index (χ1) is 10.7. The first kappa shape index (κ1) is 18.4. The Kier molecular flexibility index (Phi) is 5.88. The van der Waals surface area contributed by atoms with E-state index in [0.717, 1.165) is 13.0 Å². The summed E-state index contributed by atoms with van der Waals surface area (Å²) < 4.78 is 0. The van der Waals surface area contributed by atoms with Crippen molar-refractivity contribution in [2.24, 2.45) is 17.8 Å². The standard InChI is InChI=1S/C19H34N2O2/c1-13(2)17(22)12-21-11-15-9-7-6-8-14(15)10-16(21)18(23)20-19(3,4)5/h13-16H,6-12H2,1-5H3,(H,20,23)/t14-,15+,16-/m0/s1. The molecule has 23 heavy (non-hydrogen) atoms. The second-order valence-corrected chi connectivity index (χ2v) is 8.85. The number of ketones is 1. The van der Waals surface area contributed by atoms with Crippen LogP contribution in [0.1, 0.15) is 66.7 Å². The van der Waals surface area contributed by atoms with E-state index in [9.17, 15) is 9.59 Å². The van der Waals surface area contributed by atoms with E-state index in [1.807, 2.05) is 34.6 Å². The number of hydrogen-bond donors (Lipinski definition) is 1. The van der Waals surface area contributed by atoms with Crippen LogP contribution in [0.15, 0.2) is 0 Å². The van der Waals surface area contributed by atoms with Gasteiger partial charge in [0.2, 0.25) is 5.91 Å². The van der Waals surface area contributed by atoms with E-state index < -0.39 is 0 Å². The van der Waals surface area contributed by atoms with Crippen LogP contribution in [-0.2, 0) is 9.59 Å². The Bertz CT molecular complexity index is 439. The van der Waals surface area contributed by atoms with E-state index in [0.29, 0.717) is 18.4 Å². The van der Waals surface area contributed by atoms with E-state index in [4.69, 9.17) is 0 Å². The van der Waals surface area contributed by atoms with Gasteiger partial charge >= 0.3 is 0 Å². The van der Waals surface area contributed by atoms with E-state index in [2.05, 4.69) is 10.2 Å². The highest BCUT2D eigenvalue weighted by atomic mass is 16.2. The fraction of sp³-hybridized carbons (Fsp3) is 0.895. The molecule has 2 aliphatic rings. The molecule has 4 heteroatoms. The van der Waals surface area contributed by atoms with Crippen molar-refractivity contribution in [3.05, 3.63) is 0 Å². The van der Waals surface area contributed by atoms with Crippen LogP contribution in [0.4, 0.5) is 0 Å². The largest absolute Gasteiger partial charge is 0.350 e. The van der Waals surface area contributed by atoms with Crippen molar-refractivity contribution in [1.29, 1.82) is 0 Å². The highest BCUT2D eigenvalue weighted by Gasteiger charge is 2.41. The van der Waals surface area contributed by atoms with Crippen molar-refractivity contribution in [2.45, 2.75) is 78.3 Å². The van der Waals surface area contributed by atoms with Gasteiger partial charge in [-0.15, -0.1) is 0 Å². The monoisotopic (exact) mass is 322 g/mol. The van der Waals surface area contributed by atoms with E-state index in [-0.39, 0.29) is 29.2 Å². The zero-order valence-electron chi connectivity index (χ0n) is 15.5. The molecule has 0 bridgehead atoms. The van der Waals surface area contributed by atoms with Crippen molar-refractivity contribution >= 4 is 11.7 Å². The molecule has 1 heterocycles. The van der Waals surface area contributed by atoms with Crippen LogP contribution < -0.4 is 5.32 Å². The normalized spacial score (nSPS) is 29.2. The first-order valence-corrected chi connectivity index (χ1v) is 9.26. The summed E-state index contributed by atoms with van der Waals surface area (Å²) in [6.07, 6.45) is 6.00. The molecular weight excluding hydrogens is 288 g/mol. The first-order valence-electron chi connectivity index (χ1n) is 9.26. The summed E-state index contributed by atoms with van der Waals surface area (Å²) >= 11 is 0. The van der Waals surface area contributed by atoms with Gasteiger partial charge in [0.1, 0.15) is 5.78 Å². The molecule has 0 spiro atoms. The van der Waals surface area contributed by atoms with E-state index in [1.54, 1.807) is 0 Å². The highest BCUT2D eigenvalue weighted by molar-refractivity contribution is 5.85. The molecule has 4 nitrogen and oxygen atoms in total. The average molecular weight is 322 g/mol. The van der Waals surface area contributed by atoms with Crippen molar-refractivity contribution < 1.29 is 9.59 Å².